The van der Waals surface area contributed by atoms with Gasteiger partial charge in [0.1, 0.15) is 24.4 Å². The average Bonchev–Trinajstić information content (AvgIpc) is 3.30. The fourth-order valence-electron chi connectivity index (χ4n) is 6.35. The molecule has 2 fully saturated rings. The minimum atomic E-state index is -4.22. The molecule has 0 aliphatic carbocycles. The Morgan fingerprint density at radius 1 is 1.07 bits per heavy atom. The molecule has 1 aromatic carbocycles. The van der Waals surface area contributed by atoms with Crippen LogP contribution in [0.25, 0.3) is 10.4 Å². The number of rotatable bonds is 15. The molecule has 0 radical (unpaired) electrons. The molecule has 0 spiro atoms. The number of nitrogens with one attached hydrogen (secondary N) is 1. The highest BCUT2D eigenvalue weighted by molar-refractivity contribution is 7.48. The third-order valence-electron chi connectivity index (χ3n) is 11.0. The van der Waals surface area contributed by atoms with E-state index >= 15 is 0 Å². The van der Waals surface area contributed by atoms with Gasteiger partial charge in [0.05, 0.1) is 51.1 Å². The predicted octanol–water partition coefficient (Wildman–Crippen LogP) is 5.63. The van der Waals surface area contributed by atoms with Crippen molar-refractivity contribution in [3.8, 4) is 0 Å². The van der Waals surface area contributed by atoms with Crippen molar-refractivity contribution in [3.05, 3.63) is 45.8 Å². The summed E-state index contributed by atoms with van der Waals surface area (Å²) >= 11 is 0. The molecule has 3 aliphatic rings. The maximum absolute atomic E-state index is 13.9. The van der Waals surface area contributed by atoms with Crippen molar-refractivity contribution in [2.75, 3.05) is 13.2 Å². The molecule has 310 valence electrons. The largest absolute Gasteiger partial charge is 0.475 e. The zero-order valence-electron chi connectivity index (χ0n) is 33.3. The predicted molar refractivity (Wildman–Crippen MR) is 201 cm³/mol. The molecule has 3 N–H and O–H groups in total. The lowest BCUT2D eigenvalue weighted by molar-refractivity contribution is -0.280. The van der Waals surface area contributed by atoms with E-state index in [2.05, 4.69) is 36.1 Å². The Labute approximate surface area is 324 Å². The van der Waals surface area contributed by atoms with Crippen LogP contribution >= 0.6 is 7.82 Å². The molecule has 11 atom stereocenters. The number of phosphoric ester groups is 1. The summed E-state index contributed by atoms with van der Waals surface area (Å²) in [6, 6.07) is 5.35. The summed E-state index contributed by atoms with van der Waals surface area (Å²) in [5.41, 5.74) is 10.9. The van der Waals surface area contributed by atoms with Gasteiger partial charge in [-0.3, -0.25) is 23.2 Å². The number of aliphatic hydroxyl groups excluding tert-OH is 2. The van der Waals surface area contributed by atoms with Crippen LogP contribution in [0.1, 0.15) is 78.9 Å². The van der Waals surface area contributed by atoms with Gasteiger partial charge in [0.25, 0.3) is 0 Å². The molecule has 3 aliphatic heterocycles. The number of benzene rings is 1. The van der Waals surface area contributed by atoms with Crippen molar-refractivity contribution in [1.82, 2.24) is 5.32 Å². The Kier molecular flexibility index (Phi) is 15.9. The van der Waals surface area contributed by atoms with Crippen LogP contribution in [0.5, 0.6) is 0 Å². The number of nitrogens with zero attached hydrogens (tertiary/aromatic N) is 3. The number of carbonyl (C=O) groups is 2. The van der Waals surface area contributed by atoms with E-state index in [0.29, 0.717) is 6.42 Å². The molecule has 0 aromatic heterocycles. The Bertz CT molecular complexity index is 1530. The van der Waals surface area contributed by atoms with Gasteiger partial charge in [-0.15, -0.1) is 0 Å². The van der Waals surface area contributed by atoms with Crippen LogP contribution in [-0.2, 0) is 64.3 Å². The first-order valence-corrected chi connectivity index (χ1v) is 23.3. The second-order valence-electron chi connectivity index (χ2n) is 15.9. The van der Waals surface area contributed by atoms with Crippen molar-refractivity contribution in [2.24, 2.45) is 17.0 Å². The lowest BCUT2D eigenvalue weighted by Gasteiger charge is -2.48. The maximum Gasteiger partial charge on any atom is 0.475 e. The first-order valence-electron chi connectivity index (χ1n) is 18.9. The van der Waals surface area contributed by atoms with Gasteiger partial charge >= 0.3 is 13.8 Å². The topological polar surface area (TPSA) is 226 Å². The minimum absolute atomic E-state index is 0.0356. The fraction of sp³-hybridized carbons (Fsp3) is 0.778. The van der Waals surface area contributed by atoms with Crippen LogP contribution in [0, 0.1) is 11.8 Å². The molecule has 55 heavy (non-hydrogen) atoms. The van der Waals surface area contributed by atoms with Crippen molar-refractivity contribution in [1.29, 1.82) is 0 Å². The number of azide groups is 1. The molecule has 19 heteroatoms. The Morgan fingerprint density at radius 3 is 2.24 bits per heavy atom. The van der Waals surface area contributed by atoms with E-state index in [9.17, 15) is 29.9 Å². The van der Waals surface area contributed by atoms with Gasteiger partial charge in [-0.2, -0.15) is 0 Å². The first kappa shape index (κ1) is 45.3. The number of ether oxygens (including phenoxy) is 4. The van der Waals surface area contributed by atoms with Crippen LogP contribution in [0.3, 0.4) is 0 Å². The number of carbonyl (C=O) groups excluding carboxylic acids is 2. The standard InChI is InChI=1S/C36H59N4O13PSi/c1-10-25(49-29(43)11-2)16-28(42)38-30-22(4)33(52-54(45)47-18-23-14-12-13-15-24(23)19-48-54)26(17-41)50-34(30)46-20-27-21(3)32(44)31(39-40-37)35(51-27)53-55(8,9)36(5,6)7/h12-15,21-22,25-27,30-35,41,44H,10-11,16-20H2,1-9H3,(H,38,42)/t21-,22-,25-,26?,27?,30?,31?,32+,33+,34-,35?/m1/s1. The quantitative estimate of drug-likeness (QED) is 0.0488. The molecule has 4 rings (SSSR count). The first-order chi connectivity index (χ1) is 25.9. The van der Waals surface area contributed by atoms with E-state index in [1.807, 2.05) is 37.4 Å². The Hall–Kier alpha value is -2.44. The van der Waals surface area contributed by atoms with Gasteiger partial charge in [0.15, 0.2) is 20.9 Å². The molecule has 0 bridgehead atoms. The Morgan fingerprint density at radius 2 is 1.69 bits per heavy atom. The summed E-state index contributed by atoms with van der Waals surface area (Å²) in [7, 11) is -6.70. The van der Waals surface area contributed by atoms with Crippen molar-refractivity contribution in [3.63, 3.8) is 0 Å². The number of amides is 1. The number of hydrogen-bond donors (Lipinski definition) is 3. The van der Waals surface area contributed by atoms with E-state index in [-0.39, 0.29) is 37.7 Å². The van der Waals surface area contributed by atoms with Gasteiger partial charge in [-0.05, 0) is 41.2 Å². The highest BCUT2D eigenvalue weighted by Gasteiger charge is 2.51. The van der Waals surface area contributed by atoms with E-state index in [1.54, 1.807) is 27.7 Å². The van der Waals surface area contributed by atoms with Crippen molar-refractivity contribution >= 4 is 28.0 Å². The van der Waals surface area contributed by atoms with E-state index in [1.165, 1.54) is 0 Å². The van der Waals surface area contributed by atoms with Crippen molar-refractivity contribution in [2.45, 2.75) is 154 Å². The molecule has 0 saturated carbocycles. The van der Waals surface area contributed by atoms with Gasteiger partial charge in [-0.25, -0.2) is 4.57 Å². The van der Waals surface area contributed by atoms with Crippen LogP contribution < -0.4 is 5.32 Å². The second kappa shape index (κ2) is 19.3. The molecular weight excluding hydrogens is 755 g/mol. The molecular formula is C36H59N4O13PSi. The lowest BCUT2D eigenvalue weighted by Crippen LogP contribution is -2.62. The lowest BCUT2D eigenvalue weighted by atomic mass is 9.88. The monoisotopic (exact) mass is 814 g/mol. The Balaban J connectivity index is 1.58. The zero-order valence-corrected chi connectivity index (χ0v) is 35.2. The summed E-state index contributed by atoms with van der Waals surface area (Å²) in [6.45, 7) is 16.3. The third-order valence-corrected chi connectivity index (χ3v) is 16.9. The number of hydrogen-bond acceptors (Lipinski definition) is 14. The molecule has 1 amide bonds. The van der Waals surface area contributed by atoms with Crippen LogP contribution in [0.2, 0.25) is 18.1 Å². The van der Waals surface area contributed by atoms with E-state index in [4.69, 9.17) is 36.9 Å². The minimum Gasteiger partial charge on any atom is -0.462 e. The second-order valence-corrected chi connectivity index (χ2v) is 22.3. The average molecular weight is 815 g/mol. The van der Waals surface area contributed by atoms with E-state index < -0.39 is 102 Å². The number of phosphoric acid groups is 1. The molecule has 3 heterocycles. The summed E-state index contributed by atoms with van der Waals surface area (Å²) in [4.78, 5) is 28.5. The van der Waals surface area contributed by atoms with Gasteiger partial charge in [0, 0.05) is 23.2 Å². The van der Waals surface area contributed by atoms with Crippen molar-refractivity contribution < 1.29 is 61.3 Å². The summed E-state index contributed by atoms with van der Waals surface area (Å²) in [5.74, 6) is -2.23. The summed E-state index contributed by atoms with van der Waals surface area (Å²) in [6.07, 6.45) is -6.72. The van der Waals surface area contributed by atoms with Gasteiger partial charge in [-0.1, -0.05) is 77.8 Å². The molecule has 1 aromatic rings. The van der Waals surface area contributed by atoms with Crippen LogP contribution in [0.4, 0.5) is 0 Å². The molecule has 2 saturated heterocycles. The summed E-state index contributed by atoms with van der Waals surface area (Å²) in [5, 5.41) is 28.4. The molecule has 5 unspecified atom stereocenters. The number of aliphatic hydroxyl groups is 2. The van der Waals surface area contributed by atoms with Gasteiger partial charge in [0.2, 0.25) is 5.91 Å². The fourth-order valence-corrected chi connectivity index (χ4v) is 8.89. The van der Waals surface area contributed by atoms with Crippen LogP contribution in [-0.4, -0.2) is 98.8 Å². The smallest absolute Gasteiger partial charge is 0.462 e. The third kappa shape index (κ3) is 11.4. The number of esters is 1. The highest BCUT2D eigenvalue weighted by atomic mass is 31.2. The number of fused-ring (bicyclic) bond motifs is 1. The normalized spacial score (nSPS) is 31.6. The van der Waals surface area contributed by atoms with Crippen LogP contribution in [0.15, 0.2) is 29.4 Å². The summed E-state index contributed by atoms with van der Waals surface area (Å²) < 4.78 is 62.3. The SMILES string of the molecule is CCC(=O)O[C@H](CC)CC(=O)NC1[C@H](OCC2OC(O[Si](C)(C)C(C)(C)C)C(N=[N+]=[N-])[C@@H](O)[C@@H]2C)OC(CO)[C@@H](OP2(=O)OCc3ccccc3CO2)[C@@H]1C. The van der Waals surface area contributed by atoms with E-state index in [0.717, 1.165) is 11.1 Å². The zero-order chi connectivity index (χ0) is 40.7. The van der Waals surface area contributed by atoms with Gasteiger partial charge < -0.3 is 38.9 Å². The maximum atomic E-state index is 13.9. The molecule has 17 nitrogen and oxygen atoms in total. The highest BCUT2D eigenvalue weighted by Crippen LogP contribution is 2.55.